The lowest BCUT2D eigenvalue weighted by molar-refractivity contribution is -0.122. The van der Waals surface area contributed by atoms with E-state index in [9.17, 15) is 4.79 Å². The van der Waals surface area contributed by atoms with Gasteiger partial charge in [0.1, 0.15) is 5.82 Å². The van der Waals surface area contributed by atoms with Crippen molar-refractivity contribution >= 4 is 17.4 Å². The molecular formula is C21H26N4O3. The number of carbonyl (C=O) groups is 1. The van der Waals surface area contributed by atoms with Crippen LogP contribution in [0.25, 0.3) is 22.3 Å². The van der Waals surface area contributed by atoms with E-state index < -0.39 is 0 Å². The zero-order chi connectivity index (χ0) is 20.1. The third-order valence-electron chi connectivity index (χ3n) is 5.27. The molecule has 0 aliphatic carbocycles. The Bertz CT molecular complexity index is 1010. The van der Waals surface area contributed by atoms with Crippen LogP contribution in [0.15, 0.2) is 47.5 Å². The number of carboxylic acid groups (broad SMARTS) is 1. The van der Waals surface area contributed by atoms with Gasteiger partial charge >= 0.3 is 0 Å². The summed E-state index contributed by atoms with van der Waals surface area (Å²) in [5.41, 5.74) is 1.63. The summed E-state index contributed by atoms with van der Waals surface area (Å²) < 4.78 is 3.87. The van der Waals surface area contributed by atoms with Crippen LogP contribution in [0.1, 0.15) is 12.8 Å². The molecule has 0 amide bonds. The van der Waals surface area contributed by atoms with E-state index in [-0.39, 0.29) is 12.0 Å². The number of para-hydroxylation sites is 1. The zero-order valence-electron chi connectivity index (χ0n) is 16.3. The van der Waals surface area contributed by atoms with E-state index in [1.807, 2.05) is 43.6 Å². The van der Waals surface area contributed by atoms with Crippen molar-refractivity contribution in [3.63, 3.8) is 0 Å². The minimum absolute atomic E-state index is 0.00640. The first-order valence-corrected chi connectivity index (χ1v) is 9.41. The summed E-state index contributed by atoms with van der Waals surface area (Å²) in [6.07, 6.45) is 6.27. The molecule has 0 saturated carbocycles. The van der Waals surface area contributed by atoms with E-state index in [2.05, 4.69) is 21.5 Å². The molecule has 0 radical (unpaired) electrons. The minimum Gasteiger partial charge on any atom is -0.483 e. The van der Waals surface area contributed by atoms with Gasteiger partial charge in [0, 0.05) is 32.5 Å². The first-order chi connectivity index (χ1) is 13.5. The van der Waals surface area contributed by atoms with E-state index in [1.165, 1.54) is 19.4 Å². The van der Waals surface area contributed by atoms with Gasteiger partial charge in [0.25, 0.3) is 12.0 Å². The molecule has 3 heterocycles. The first-order valence-electron chi connectivity index (χ1n) is 9.41. The van der Waals surface area contributed by atoms with Crippen LogP contribution >= 0.6 is 0 Å². The van der Waals surface area contributed by atoms with Crippen molar-refractivity contribution in [1.29, 1.82) is 0 Å². The summed E-state index contributed by atoms with van der Waals surface area (Å²) in [4.78, 5) is 28.1. The number of imidazole rings is 1. The molecule has 28 heavy (non-hydrogen) atoms. The van der Waals surface area contributed by atoms with E-state index in [4.69, 9.17) is 9.90 Å². The molecular weight excluding hydrogens is 356 g/mol. The Morgan fingerprint density at radius 3 is 2.79 bits per heavy atom. The van der Waals surface area contributed by atoms with Gasteiger partial charge in [0.15, 0.2) is 0 Å². The van der Waals surface area contributed by atoms with Crippen molar-refractivity contribution in [2.24, 2.45) is 13.0 Å². The highest BCUT2D eigenvalue weighted by Gasteiger charge is 2.20. The number of aromatic nitrogens is 3. The van der Waals surface area contributed by atoms with E-state index in [0.717, 1.165) is 29.8 Å². The van der Waals surface area contributed by atoms with Gasteiger partial charge < -0.3 is 19.1 Å². The number of rotatable bonds is 3. The maximum Gasteiger partial charge on any atom is 0.290 e. The van der Waals surface area contributed by atoms with Gasteiger partial charge in [0.05, 0.1) is 11.1 Å². The van der Waals surface area contributed by atoms with Gasteiger partial charge in [-0.05, 0) is 49.9 Å². The quantitative estimate of drug-likeness (QED) is 0.704. The number of benzene rings is 1. The summed E-state index contributed by atoms with van der Waals surface area (Å²) in [7, 11) is 4.01. The molecule has 0 bridgehead atoms. The van der Waals surface area contributed by atoms with Crippen molar-refractivity contribution in [3.05, 3.63) is 53.1 Å². The number of pyridine rings is 1. The smallest absolute Gasteiger partial charge is 0.290 e. The number of nitrogens with zero attached hydrogens (tertiary/aromatic N) is 4. The van der Waals surface area contributed by atoms with Crippen molar-refractivity contribution in [1.82, 2.24) is 19.0 Å². The Morgan fingerprint density at radius 2 is 2.04 bits per heavy atom. The predicted molar refractivity (Wildman–Crippen MR) is 109 cm³/mol. The van der Waals surface area contributed by atoms with Gasteiger partial charge in [0.2, 0.25) is 0 Å². The second-order valence-electron chi connectivity index (χ2n) is 7.26. The monoisotopic (exact) mass is 382 g/mol. The third kappa shape index (κ3) is 4.14. The van der Waals surface area contributed by atoms with Crippen LogP contribution in [-0.2, 0) is 18.4 Å². The lowest BCUT2D eigenvalue weighted by atomic mass is 9.98. The molecule has 148 valence electrons. The fourth-order valence-electron chi connectivity index (χ4n) is 3.98. The minimum atomic E-state index is -0.250. The molecule has 7 nitrogen and oxygen atoms in total. The lowest BCUT2D eigenvalue weighted by Crippen LogP contribution is -2.34. The Balaban J connectivity index is 0.000000706. The number of hydrogen-bond donors (Lipinski definition) is 1. The molecule has 1 unspecified atom stereocenters. The molecule has 1 atom stereocenters. The summed E-state index contributed by atoms with van der Waals surface area (Å²) in [6.45, 7) is 2.95. The Hall–Kier alpha value is -2.93. The van der Waals surface area contributed by atoms with Crippen molar-refractivity contribution < 1.29 is 9.90 Å². The SMILES string of the molecule is CN1CCCC(Cn2ccnc2-c2cc3ccccc3n(C)c2=O)C1.O=CO. The lowest BCUT2D eigenvalue weighted by Gasteiger charge is -2.30. The van der Waals surface area contributed by atoms with Gasteiger partial charge in [-0.2, -0.15) is 0 Å². The molecule has 0 spiro atoms. The molecule has 7 heteroatoms. The molecule has 2 aromatic heterocycles. The molecule has 1 saturated heterocycles. The van der Waals surface area contributed by atoms with Crippen LogP contribution in [0.4, 0.5) is 0 Å². The number of aryl methyl sites for hydroxylation is 1. The normalized spacial score (nSPS) is 17.1. The molecule has 1 fully saturated rings. The summed E-state index contributed by atoms with van der Waals surface area (Å²) in [5.74, 6) is 1.38. The molecule has 1 N–H and O–H groups in total. The van der Waals surface area contributed by atoms with Crippen LogP contribution < -0.4 is 5.56 Å². The Morgan fingerprint density at radius 1 is 1.29 bits per heavy atom. The fraction of sp³-hybridized carbons (Fsp3) is 0.381. The number of piperidine rings is 1. The van der Waals surface area contributed by atoms with Crippen LogP contribution in [0.5, 0.6) is 0 Å². The first kappa shape index (κ1) is 19.8. The third-order valence-corrected chi connectivity index (χ3v) is 5.27. The Labute approximate surface area is 163 Å². The Kier molecular flexibility index (Phi) is 6.26. The van der Waals surface area contributed by atoms with Gasteiger partial charge in [-0.15, -0.1) is 0 Å². The molecule has 3 aromatic rings. The second-order valence-corrected chi connectivity index (χ2v) is 7.26. The van der Waals surface area contributed by atoms with Crippen molar-refractivity contribution in [2.45, 2.75) is 19.4 Å². The van der Waals surface area contributed by atoms with Gasteiger partial charge in [-0.1, -0.05) is 18.2 Å². The second kappa shape index (κ2) is 8.84. The van der Waals surface area contributed by atoms with Gasteiger partial charge in [-0.3, -0.25) is 9.59 Å². The highest BCUT2D eigenvalue weighted by Crippen LogP contribution is 2.23. The maximum absolute atomic E-state index is 12.9. The van der Waals surface area contributed by atoms with E-state index >= 15 is 0 Å². The number of hydrogen-bond acceptors (Lipinski definition) is 4. The molecule has 1 aliphatic heterocycles. The fourth-order valence-corrected chi connectivity index (χ4v) is 3.98. The largest absolute Gasteiger partial charge is 0.483 e. The zero-order valence-corrected chi connectivity index (χ0v) is 16.3. The van der Waals surface area contributed by atoms with E-state index in [1.54, 1.807) is 10.8 Å². The summed E-state index contributed by atoms with van der Waals surface area (Å²) >= 11 is 0. The predicted octanol–water partition coefficient (Wildman–Crippen LogP) is 2.44. The standard InChI is InChI=1S/C20H24N4O.CH2O2/c1-22-10-5-6-15(13-22)14-24-11-9-21-19(24)17-12-16-7-3-4-8-18(16)23(2)20(17)25;2-1-3/h3-4,7-9,11-12,15H,5-6,10,13-14H2,1-2H3;1H,(H,2,3). The van der Waals surface area contributed by atoms with Crippen LogP contribution in [0.3, 0.4) is 0 Å². The molecule has 4 rings (SSSR count). The highest BCUT2D eigenvalue weighted by molar-refractivity contribution is 5.83. The van der Waals surface area contributed by atoms with Crippen molar-refractivity contribution in [3.8, 4) is 11.4 Å². The van der Waals surface area contributed by atoms with Crippen LogP contribution in [-0.4, -0.2) is 50.7 Å². The number of likely N-dealkylation sites (tertiary alicyclic amines) is 1. The van der Waals surface area contributed by atoms with Crippen molar-refractivity contribution in [2.75, 3.05) is 20.1 Å². The van der Waals surface area contributed by atoms with Crippen LogP contribution in [0.2, 0.25) is 0 Å². The average molecular weight is 382 g/mol. The van der Waals surface area contributed by atoms with Crippen LogP contribution in [0, 0.1) is 5.92 Å². The average Bonchev–Trinajstić information content (AvgIpc) is 3.13. The molecule has 1 aromatic carbocycles. The topological polar surface area (TPSA) is 80.4 Å². The van der Waals surface area contributed by atoms with E-state index in [0.29, 0.717) is 11.5 Å². The number of fused-ring (bicyclic) bond motifs is 1. The van der Waals surface area contributed by atoms with Gasteiger partial charge in [-0.25, -0.2) is 4.98 Å². The summed E-state index contributed by atoms with van der Waals surface area (Å²) in [5, 5.41) is 7.95. The highest BCUT2D eigenvalue weighted by atomic mass is 16.3. The summed E-state index contributed by atoms with van der Waals surface area (Å²) in [6, 6.07) is 9.96. The molecule has 1 aliphatic rings. The maximum atomic E-state index is 12.9.